The number of nitrogens with one attached hydrogen (secondary N) is 1. The molecule has 140 valence electrons. The summed E-state index contributed by atoms with van der Waals surface area (Å²) in [5.41, 5.74) is -0.953. The van der Waals surface area contributed by atoms with Crippen LogP contribution in [0.15, 0.2) is 16.9 Å². The van der Waals surface area contributed by atoms with Gasteiger partial charge < -0.3 is 9.72 Å². The van der Waals surface area contributed by atoms with Gasteiger partial charge >= 0.3 is 6.18 Å². The molecule has 1 aromatic carbocycles. The van der Waals surface area contributed by atoms with Gasteiger partial charge in [-0.1, -0.05) is 0 Å². The molecule has 0 bridgehead atoms. The SMILES string of the molecule is COc1cc(F)c(CN2CCc3c(nc(C(F)(F)F)[nH]c3=O)C2)c(F)c1. The van der Waals surface area contributed by atoms with Crippen LogP contribution in [0.25, 0.3) is 0 Å². The molecular formula is C16H14F5N3O2. The second kappa shape index (κ2) is 6.67. The third-order valence-electron chi connectivity index (χ3n) is 4.15. The average Bonchev–Trinajstić information content (AvgIpc) is 2.56. The van der Waals surface area contributed by atoms with Gasteiger partial charge in [-0.2, -0.15) is 13.2 Å². The fourth-order valence-corrected chi connectivity index (χ4v) is 2.84. The fraction of sp³-hybridized carbons (Fsp3) is 0.375. The number of nitrogens with zero attached hydrogens (tertiary/aromatic N) is 2. The van der Waals surface area contributed by atoms with Crippen molar-refractivity contribution in [1.29, 1.82) is 0 Å². The summed E-state index contributed by atoms with van der Waals surface area (Å²) in [6.45, 7) is -0.0296. The summed E-state index contributed by atoms with van der Waals surface area (Å²) in [5, 5.41) is 0. The van der Waals surface area contributed by atoms with E-state index in [0.29, 0.717) is 0 Å². The highest BCUT2D eigenvalue weighted by Crippen LogP contribution is 2.27. The van der Waals surface area contributed by atoms with Crippen LogP contribution in [0.3, 0.4) is 0 Å². The van der Waals surface area contributed by atoms with Crippen molar-refractivity contribution in [3.8, 4) is 5.75 Å². The molecule has 0 atom stereocenters. The Hall–Kier alpha value is -2.49. The van der Waals surface area contributed by atoms with Crippen LogP contribution in [0.5, 0.6) is 5.75 Å². The van der Waals surface area contributed by atoms with Crippen LogP contribution in [0.2, 0.25) is 0 Å². The lowest BCUT2D eigenvalue weighted by Crippen LogP contribution is -2.36. The van der Waals surface area contributed by atoms with Crippen LogP contribution < -0.4 is 10.3 Å². The normalized spacial score (nSPS) is 15.0. The van der Waals surface area contributed by atoms with Crippen molar-refractivity contribution in [2.45, 2.75) is 25.7 Å². The minimum atomic E-state index is -4.79. The largest absolute Gasteiger partial charge is 0.497 e. The molecule has 5 nitrogen and oxygen atoms in total. The number of hydrogen-bond donors (Lipinski definition) is 1. The lowest BCUT2D eigenvalue weighted by Gasteiger charge is -2.28. The number of fused-ring (bicyclic) bond motifs is 1. The second-order valence-electron chi connectivity index (χ2n) is 5.87. The zero-order valence-electron chi connectivity index (χ0n) is 13.6. The molecule has 0 radical (unpaired) electrons. The van der Waals surface area contributed by atoms with E-state index in [2.05, 4.69) is 4.98 Å². The van der Waals surface area contributed by atoms with Gasteiger partial charge in [-0.3, -0.25) is 9.69 Å². The quantitative estimate of drug-likeness (QED) is 0.838. The maximum atomic E-state index is 14.1. The molecule has 0 saturated heterocycles. The first-order valence-electron chi connectivity index (χ1n) is 7.62. The Labute approximate surface area is 144 Å². The Morgan fingerprint density at radius 3 is 2.50 bits per heavy atom. The lowest BCUT2D eigenvalue weighted by molar-refractivity contribution is -0.145. The summed E-state index contributed by atoms with van der Waals surface area (Å²) in [4.78, 5) is 18.6. The van der Waals surface area contributed by atoms with Crippen LogP contribution in [0.4, 0.5) is 22.0 Å². The third kappa shape index (κ3) is 3.55. The number of halogens is 5. The van der Waals surface area contributed by atoms with Crippen molar-refractivity contribution in [3.63, 3.8) is 0 Å². The molecule has 1 aromatic heterocycles. The van der Waals surface area contributed by atoms with Crippen molar-refractivity contribution < 1.29 is 26.7 Å². The molecule has 26 heavy (non-hydrogen) atoms. The molecule has 2 aromatic rings. The van der Waals surface area contributed by atoms with Crippen LogP contribution in [0.1, 0.15) is 22.6 Å². The maximum absolute atomic E-state index is 14.1. The van der Waals surface area contributed by atoms with E-state index in [1.807, 2.05) is 0 Å². The maximum Gasteiger partial charge on any atom is 0.449 e. The number of methoxy groups -OCH3 is 1. The Bertz CT molecular complexity index is 871. The summed E-state index contributed by atoms with van der Waals surface area (Å²) in [6.07, 6.45) is -4.65. The van der Waals surface area contributed by atoms with Crippen molar-refractivity contribution >= 4 is 0 Å². The van der Waals surface area contributed by atoms with Crippen molar-refractivity contribution in [2.24, 2.45) is 0 Å². The molecule has 2 heterocycles. The summed E-state index contributed by atoms with van der Waals surface area (Å²) in [5.74, 6) is -2.99. The molecule has 0 fully saturated rings. The zero-order chi connectivity index (χ0) is 19.1. The molecule has 0 saturated carbocycles. The van der Waals surface area contributed by atoms with E-state index in [0.717, 1.165) is 12.1 Å². The molecule has 10 heteroatoms. The molecule has 1 aliphatic heterocycles. The lowest BCUT2D eigenvalue weighted by atomic mass is 10.0. The number of aromatic amines is 1. The number of H-pyrrole nitrogens is 1. The van der Waals surface area contributed by atoms with E-state index in [4.69, 9.17) is 4.74 Å². The molecule has 0 amide bonds. The minimum Gasteiger partial charge on any atom is -0.497 e. The second-order valence-corrected chi connectivity index (χ2v) is 5.87. The molecule has 1 N–H and O–H groups in total. The predicted octanol–water partition coefficient (Wildman–Crippen LogP) is 2.63. The first-order valence-corrected chi connectivity index (χ1v) is 7.62. The van der Waals surface area contributed by atoms with Gasteiger partial charge in [0, 0.05) is 42.9 Å². The van der Waals surface area contributed by atoms with E-state index in [1.54, 1.807) is 4.98 Å². The van der Waals surface area contributed by atoms with E-state index in [1.165, 1.54) is 12.0 Å². The summed E-state index contributed by atoms with van der Waals surface area (Å²) >= 11 is 0. The van der Waals surface area contributed by atoms with Gasteiger partial charge in [0.15, 0.2) is 0 Å². The third-order valence-corrected chi connectivity index (χ3v) is 4.15. The number of alkyl halides is 3. The summed E-state index contributed by atoms with van der Waals surface area (Å²) in [6, 6.07) is 2.06. The molecular weight excluding hydrogens is 361 g/mol. The highest BCUT2D eigenvalue weighted by atomic mass is 19.4. The summed E-state index contributed by atoms with van der Waals surface area (Å²) in [7, 11) is 1.27. The van der Waals surface area contributed by atoms with Crippen LogP contribution in [-0.4, -0.2) is 28.5 Å². The van der Waals surface area contributed by atoms with Crippen LogP contribution in [-0.2, 0) is 25.7 Å². The van der Waals surface area contributed by atoms with Gasteiger partial charge in [-0.15, -0.1) is 0 Å². The van der Waals surface area contributed by atoms with E-state index >= 15 is 0 Å². The number of benzene rings is 1. The molecule has 0 aliphatic carbocycles. The molecule has 0 spiro atoms. The summed E-state index contributed by atoms with van der Waals surface area (Å²) < 4.78 is 71.3. The Balaban J connectivity index is 1.87. The monoisotopic (exact) mass is 375 g/mol. The van der Waals surface area contributed by atoms with Crippen molar-refractivity contribution in [3.05, 3.63) is 56.8 Å². The fourth-order valence-electron chi connectivity index (χ4n) is 2.84. The topological polar surface area (TPSA) is 58.2 Å². The minimum absolute atomic E-state index is 0.0239. The smallest absolute Gasteiger partial charge is 0.449 e. The van der Waals surface area contributed by atoms with Crippen LogP contribution >= 0.6 is 0 Å². The first kappa shape index (κ1) is 18.3. The van der Waals surface area contributed by atoms with E-state index < -0.39 is 29.2 Å². The van der Waals surface area contributed by atoms with Gasteiger partial charge in [0.1, 0.15) is 17.4 Å². The molecule has 3 rings (SSSR count). The first-order chi connectivity index (χ1) is 12.2. The zero-order valence-corrected chi connectivity index (χ0v) is 13.6. The average molecular weight is 375 g/mol. The van der Waals surface area contributed by atoms with E-state index in [9.17, 15) is 26.7 Å². The van der Waals surface area contributed by atoms with E-state index in [-0.39, 0.29) is 48.6 Å². The number of ether oxygens (including phenoxy) is 1. The van der Waals surface area contributed by atoms with Crippen LogP contribution in [0, 0.1) is 11.6 Å². The van der Waals surface area contributed by atoms with Gasteiger partial charge in [0.25, 0.3) is 5.56 Å². The number of aromatic nitrogens is 2. The van der Waals surface area contributed by atoms with Gasteiger partial charge in [0.2, 0.25) is 5.82 Å². The Morgan fingerprint density at radius 2 is 1.92 bits per heavy atom. The van der Waals surface area contributed by atoms with Crippen molar-refractivity contribution in [2.75, 3.05) is 13.7 Å². The molecule has 0 unspecified atom stereocenters. The number of hydrogen-bond acceptors (Lipinski definition) is 4. The van der Waals surface area contributed by atoms with Gasteiger partial charge in [0.05, 0.1) is 12.8 Å². The predicted molar refractivity (Wildman–Crippen MR) is 80.6 cm³/mol. The van der Waals surface area contributed by atoms with Gasteiger partial charge in [-0.25, -0.2) is 13.8 Å². The Morgan fingerprint density at radius 1 is 1.27 bits per heavy atom. The highest BCUT2D eigenvalue weighted by molar-refractivity contribution is 5.31. The standard InChI is InChI=1S/C16H14F5N3O2/c1-26-8-4-11(17)10(12(18)5-8)6-24-3-2-9-13(7-24)22-15(16(19,20)21)23-14(9)25/h4-5H,2-3,6-7H2,1H3,(H,22,23,25). The molecule has 1 aliphatic rings. The highest BCUT2D eigenvalue weighted by Gasteiger charge is 2.36. The number of rotatable bonds is 3. The van der Waals surface area contributed by atoms with Crippen molar-refractivity contribution in [1.82, 2.24) is 14.9 Å². The Kier molecular flexibility index (Phi) is 4.70. The van der Waals surface area contributed by atoms with Gasteiger partial charge in [-0.05, 0) is 6.42 Å².